The van der Waals surface area contributed by atoms with Crippen LogP contribution in [0.25, 0.3) is 0 Å². The second kappa shape index (κ2) is 9.04. The minimum Gasteiger partial charge on any atom is -0.460 e. The van der Waals surface area contributed by atoms with Crippen LogP contribution in [0.3, 0.4) is 0 Å². The highest BCUT2D eigenvalue weighted by Gasteiger charge is 2.27. The number of carbonyl (C=O) groups excluding carboxylic acids is 1. The molecule has 0 aromatic rings. The van der Waals surface area contributed by atoms with Crippen molar-refractivity contribution in [3.63, 3.8) is 0 Å². The van der Waals surface area contributed by atoms with Gasteiger partial charge >= 0.3 is 5.97 Å². The molecule has 0 fully saturated rings. The minimum absolute atomic E-state index is 0.0997. The molecule has 4 N–H and O–H groups in total. The molecule has 0 aliphatic heterocycles. The predicted octanol–water partition coefficient (Wildman–Crippen LogP) is -0.492. The highest BCUT2D eigenvalue weighted by molar-refractivity contribution is 5.70. The summed E-state index contributed by atoms with van der Waals surface area (Å²) < 4.78 is 10.00. The van der Waals surface area contributed by atoms with Gasteiger partial charge in [0, 0.05) is 0 Å². The molecule has 118 valence electrons. The second-order valence-corrected chi connectivity index (χ2v) is 5.29. The Morgan fingerprint density at radius 1 is 1.40 bits per heavy atom. The lowest BCUT2D eigenvalue weighted by Gasteiger charge is -2.26. The van der Waals surface area contributed by atoms with Gasteiger partial charge in [-0.2, -0.15) is 0 Å². The Morgan fingerprint density at radius 3 is 2.45 bits per heavy atom. The van der Waals surface area contributed by atoms with E-state index in [4.69, 9.17) is 14.6 Å². The van der Waals surface area contributed by atoms with Crippen LogP contribution >= 0.6 is 0 Å². The van der Waals surface area contributed by atoms with E-state index in [0.717, 1.165) is 0 Å². The van der Waals surface area contributed by atoms with E-state index in [-0.39, 0.29) is 13.0 Å². The van der Waals surface area contributed by atoms with E-state index in [9.17, 15) is 15.0 Å². The Morgan fingerprint density at radius 2 is 2.00 bits per heavy atom. The van der Waals surface area contributed by atoms with E-state index < -0.39 is 36.7 Å². The Labute approximate surface area is 119 Å². The van der Waals surface area contributed by atoms with Crippen molar-refractivity contribution in [2.75, 3.05) is 13.2 Å². The van der Waals surface area contributed by atoms with Gasteiger partial charge in [-0.15, -0.1) is 6.58 Å². The average molecular weight is 291 g/mol. The number of aliphatic hydroxyl groups excluding tert-OH is 3. The maximum atomic E-state index is 11.7. The molecule has 0 heterocycles. The van der Waals surface area contributed by atoms with Crippen LogP contribution in [-0.2, 0) is 14.3 Å². The Balaban J connectivity index is 4.49. The first-order chi connectivity index (χ1) is 9.19. The van der Waals surface area contributed by atoms with Gasteiger partial charge in [-0.05, 0) is 20.8 Å². The zero-order chi connectivity index (χ0) is 15.8. The molecule has 0 amide bonds. The van der Waals surface area contributed by atoms with Crippen LogP contribution in [0.15, 0.2) is 12.7 Å². The van der Waals surface area contributed by atoms with Crippen LogP contribution in [0, 0.1) is 0 Å². The topological polar surface area (TPSA) is 108 Å². The molecule has 3 atom stereocenters. The highest BCUT2D eigenvalue weighted by Crippen LogP contribution is 2.11. The van der Waals surface area contributed by atoms with Gasteiger partial charge in [0.2, 0.25) is 6.41 Å². The number of hydrogen-bond donors (Lipinski definition) is 4. The molecule has 7 heteroatoms. The molecule has 0 rings (SSSR count). The molecule has 0 saturated carbocycles. The third kappa shape index (κ3) is 9.00. The quantitative estimate of drug-likeness (QED) is 0.258. The van der Waals surface area contributed by atoms with E-state index in [2.05, 4.69) is 11.9 Å². The van der Waals surface area contributed by atoms with Crippen LogP contribution in [0.2, 0.25) is 0 Å². The molecule has 0 aromatic heterocycles. The first-order valence-corrected chi connectivity index (χ1v) is 6.37. The van der Waals surface area contributed by atoms with Crippen molar-refractivity contribution in [3.05, 3.63) is 12.7 Å². The second-order valence-electron chi connectivity index (χ2n) is 5.29. The third-order valence-electron chi connectivity index (χ3n) is 2.19. The fraction of sp³-hybridized carbons (Fsp3) is 0.769. The third-order valence-corrected chi connectivity index (χ3v) is 2.19. The molecule has 7 nitrogen and oxygen atoms in total. The van der Waals surface area contributed by atoms with Crippen LogP contribution in [0.5, 0.6) is 0 Å². The lowest BCUT2D eigenvalue weighted by Crippen LogP contribution is -2.49. The Hall–Kier alpha value is -0.990. The standard InChI is InChI=1S/C13H25NO6/c1-5-6-19-12(18)14-9(10(16)8-15)7-11(17)20-13(2,3)4/h5,9-10,12,14-16,18H,1,6-8H2,2-4H3/t9-,10+,12+/m0/s1. The van der Waals surface area contributed by atoms with E-state index >= 15 is 0 Å². The highest BCUT2D eigenvalue weighted by atomic mass is 16.6. The molecule has 0 bridgehead atoms. The summed E-state index contributed by atoms with van der Waals surface area (Å²) in [4.78, 5) is 11.7. The zero-order valence-electron chi connectivity index (χ0n) is 12.2. The van der Waals surface area contributed by atoms with Crippen LogP contribution in [0.1, 0.15) is 27.2 Å². The van der Waals surface area contributed by atoms with Gasteiger partial charge in [0.25, 0.3) is 0 Å². The SMILES string of the molecule is C=CCO[C@@H](O)N[C@@H](CC(=O)OC(C)(C)C)[C@H](O)CO. The molecular weight excluding hydrogens is 266 g/mol. The first kappa shape index (κ1) is 19.0. The van der Waals surface area contributed by atoms with Gasteiger partial charge in [0.1, 0.15) is 5.60 Å². The largest absolute Gasteiger partial charge is 0.460 e. The molecule has 0 spiro atoms. The summed E-state index contributed by atoms with van der Waals surface area (Å²) in [5.74, 6) is -0.557. The molecule has 0 aromatic carbocycles. The summed E-state index contributed by atoms with van der Waals surface area (Å²) in [6.45, 7) is 8.12. The first-order valence-electron chi connectivity index (χ1n) is 6.37. The monoisotopic (exact) mass is 291 g/mol. The predicted molar refractivity (Wildman–Crippen MR) is 72.6 cm³/mol. The summed E-state index contributed by atoms with van der Waals surface area (Å²) >= 11 is 0. The molecule has 0 unspecified atom stereocenters. The molecular formula is C13H25NO6. The number of esters is 1. The number of ether oxygens (including phenoxy) is 2. The van der Waals surface area contributed by atoms with Crippen LogP contribution in [0.4, 0.5) is 0 Å². The van der Waals surface area contributed by atoms with Gasteiger partial charge < -0.3 is 24.8 Å². The maximum Gasteiger partial charge on any atom is 0.307 e. The van der Waals surface area contributed by atoms with Crippen molar-refractivity contribution in [1.29, 1.82) is 0 Å². The summed E-state index contributed by atoms with van der Waals surface area (Å²) in [5.41, 5.74) is -0.649. The van der Waals surface area contributed by atoms with Gasteiger partial charge in [0.05, 0.1) is 31.8 Å². The summed E-state index contributed by atoms with van der Waals surface area (Å²) in [6.07, 6.45) is -1.39. The van der Waals surface area contributed by atoms with E-state index in [1.54, 1.807) is 20.8 Å². The molecule has 0 radical (unpaired) electrons. The maximum absolute atomic E-state index is 11.7. The lowest BCUT2D eigenvalue weighted by atomic mass is 10.1. The number of hydrogen-bond acceptors (Lipinski definition) is 7. The lowest BCUT2D eigenvalue weighted by molar-refractivity contribution is -0.159. The van der Waals surface area contributed by atoms with E-state index in [0.29, 0.717) is 0 Å². The number of aliphatic hydroxyl groups is 3. The number of rotatable bonds is 9. The molecule has 20 heavy (non-hydrogen) atoms. The van der Waals surface area contributed by atoms with Crippen molar-refractivity contribution in [3.8, 4) is 0 Å². The van der Waals surface area contributed by atoms with Crippen LogP contribution < -0.4 is 5.32 Å². The van der Waals surface area contributed by atoms with Crippen LogP contribution in [-0.4, -0.2) is 58.7 Å². The van der Waals surface area contributed by atoms with Gasteiger partial charge in [-0.25, -0.2) is 0 Å². The van der Waals surface area contributed by atoms with Crippen molar-refractivity contribution >= 4 is 5.97 Å². The Kier molecular flexibility index (Phi) is 8.59. The fourth-order valence-corrected chi connectivity index (χ4v) is 1.39. The summed E-state index contributed by atoms with van der Waals surface area (Å²) in [7, 11) is 0. The average Bonchev–Trinajstić information content (AvgIpc) is 2.32. The van der Waals surface area contributed by atoms with Crippen molar-refractivity contribution in [1.82, 2.24) is 5.32 Å². The van der Waals surface area contributed by atoms with Crippen molar-refractivity contribution in [2.45, 2.75) is 51.4 Å². The van der Waals surface area contributed by atoms with Crippen molar-refractivity contribution in [2.24, 2.45) is 0 Å². The number of nitrogens with one attached hydrogen (secondary N) is 1. The van der Waals surface area contributed by atoms with E-state index in [1.165, 1.54) is 6.08 Å². The van der Waals surface area contributed by atoms with Gasteiger partial charge in [0.15, 0.2) is 0 Å². The Bertz CT molecular complexity index is 302. The summed E-state index contributed by atoms with van der Waals surface area (Å²) in [5, 5.41) is 30.6. The molecule has 0 aliphatic carbocycles. The fourth-order valence-electron chi connectivity index (χ4n) is 1.39. The van der Waals surface area contributed by atoms with Gasteiger partial charge in [-0.3, -0.25) is 10.1 Å². The zero-order valence-corrected chi connectivity index (χ0v) is 12.2. The van der Waals surface area contributed by atoms with Gasteiger partial charge in [-0.1, -0.05) is 6.08 Å². The van der Waals surface area contributed by atoms with Crippen molar-refractivity contribution < 1.29 is 29.6 Å². The normalized spacial score (nSPS) is 16.3. The number of carbonyl (C=O) groups is 1. The minimum atomic E-state index is -1.39. The molecule has 0 saturated heterocycles. The van der Waals surface area contributed by atoms with E-state index in [1.807, 2.05) is 0 Å². The smallest absolute Gasteiger partial charge is 0.307 e. The summed E-state index contributed by atoms with van der Waals surface area (Å²) in [6, 6.07) is -0.894. The molecule has 0 aliphatic rings.